The molecule has 0 radical (unpaired) electrons. The van der Waals surface area contributed by atoms with E-state index in [1.807, 2.05) is 6.07 Å². The molecular formula is C23H25FN8O. The van der Waals surface area contributed by atoms with Gasteiger partial charge in [0.05, 0.1) is 29.8 Å². The first kappa shape index (κ1) is 21.0. The van der Waals surface area contributed by atoms with Crippen molar-refractivity contribution in [3.05, 3.63) is 60.4 Å². The second kappa shape index (κ2) is 8.97. The molecule has 10 heteroatoms. The lowest BCUT2D eigenvalue weighted by Gasteiger charge is -2.40. The minimum atomic E-state index is -0.342. The number of halogens is 1. The second-order valence-corrected chi connectivity index (χ2v) is 8.29. The Hall–Kier alpha value is -3.82. The van der Waals surface area contributed by atoms with Crippen molar-refractivity contribution in [1.29, 1.82) is 0 Å². The molecule has 1 N–H and O–H groups in total. The van der Waals surface area contributed by atoms with E-state index in [1.54, 1.807) is 30.7 Å². The van der Waals surface area contributed by atoms with Crippen LogP contribution in [-0.4, -0.2) is 64.6 Å². The molecule has 2 aliphatic rings. The van der Waals surface area contributed by atoms with Gasteiger partial charge in [-0.25, -0.2) is 24.3 Å². The van der Waals surface area contributed by atoms with E-state index in [2.05, 4.69) is 46.9 Å². The number of nitrogens with one attached hydrogen (secondary N) is 1. The molecule has 3 aromatic heterocycles. The minimum absolute atomic E-state index is 0.141. The largest absolute Gasteiger partial charge is 0.356 e. The molecule has 0 aliphatic carbocycles. The maximum atomic E-state index is 13.1. The van der Waals surface area contributed by atoms with Gasteiger partial charge >= 0.3 is 0 Å². The molecular weight excluding hydrogens is 423 g/mol. The molecule has 0 unspecified atom stereocenters. The third-order valence-corrected chi connectivity index (χ3v) is 6.01. The van der Waals surface area contributed by atoms with Crippen molar-refractivity contribution in [2.75, 3.05) is 52.7 Å². The summed E-state index contributed by atoms with van der Waals surface area (Å²) in [6, 6.07) is 6.91. The second-order valence-electron chi connectivity index (χ2n) is 8.29. The highest BCUT2D eigenvalue weighted by molar-refractivity contribution is 6.04. The van der Waals surface area contributed by atoms with Gasteiger partial charge in [-0.15, -0.1) is 0 Å². The van der Waals surface area contributed by atoms with Crippen molar-refractivity contribution in [3.63, 3.8) is 0 Å². The molecule has 2 aliphatic heterocycles. The van der Waals surface area contributed by atoms with Crippen LogP contribution in [0.1, 0.15) is 23.7 Å². The molecule has 3 aromatic rings. The van der Waals surface area contributed by atoms with Gasteiger partial charge in [-0.2, -0.15) is 0 Å². The molecule has 0 spiro atoms. The molecule has 170 valence electrons. The highest BCUT2D eigenvalue weighted by Crippen LogP contribution is 2.22. The van der Waals surface area contributed by atoms with E-state index >= 15 is 0 Å². The van der Waals surface area contributed by atoms with Crippen LogP contribution in [0.25, 0.3) is 0 Å². The van der Waals surface area contributed by atoms with Gasteiger partial charge in [0, 0.05) is 45.0 Å². The summed E-state index contributed by atoms with van der Waals surface area (Å²) >= 11 is 0. The Morgan fingerprint density at radius 1 is 0.909 bits per heavy atom. The molecule has 0 saturated carbocycles. The molecule has 0 aromatic carbocycles. The average molecular weight is 449 g/mol. The Morgan fingerprint density at radius 3 is 2.24 bits per heavy atom. The van der Waals surface area contributed by atoms with Gasteiger partial charge < -0.3 is 20.0 Å². The first-order valence-corrected chi connectivity index (χ1v) is 11.0. The van der Waals surface area contributed by atoms with Gasteiger partial charge in [0.15, 0.2) is 0 Å². The number of carbonyl (C=O) groups excluding carboxylic acids is 1. The zero-order chi connectivity index (χ0) is 22.8. The summed E-state index contributed by atoms with van der Waals surface area (Å²) in [5.41, 5.74) is 1.01. The smallest absolute Gasteiger partial charge is 0.257 e. The fraction of sp³-hybridized carbons (Fsp3) is 0.348. The Kier molecular flexibility index (Phi) is 5.72. The van der Waals surface area contributed by atoms with E-state index in [9.17, 15) is 9.18 Å². The van der Waals surface area contributed by atoms with Crippen LogP contribution in [0.2, 0.25) is 0 Å². The highest BCUT2D eigenvalue weighted by Gasteiger charge is 2.26. The van der Waals surface area contributed by atoms with Gasteiger partial charge in [-0.1, -0.05) is 0 Å². The molecule has 5 rings (SSSR count). The topological polar surface area (TPSA) is 90.4 Å². The molecule has 5 heterocycles. The maximum Gasteiger partial charge on any atom is 0.257 e. The summed E-state index contributed by atoms with van der Waals surface area (Å²) in [6.07, 6.45) is 7.24. The van der Waals surface area contributed by atoms with Crippen LogP contribution in [0.15, 0.2) is 49.1 Å². The monoisotopic (exact) mass is 448 g/mol. The number of rotatable bonds is 5. The predicted molar refractivity (Wildman–Crippen MR) is 124 cm³/mol. The van der Waals surface area contributed by atoms with Crippen molar-refractivity contribution in [2.45, 2.75) is 19.4 Å². The molecule has 33 heavy (non-hydrogen) atoms. The average Bonchev–Trinajstić information content (AvgIpc) is 2.79. The molecule has 2 fully saturated rings. The van der Waals surface area contributed by atoms with Crippen LogP contribution in [0.4, 0.5) is 27.7 Å². The van der Waals surface area contributed by atoms with Crippen LogP contribution in [0, 0.1) is 5.82 Å². The summed E-state index contributed by atoms with van der Waals surface area (Å²) < 4.78 is 13.1. The summed E-state index contributed by atoms with van der Waals surface area (Å²) in [5.74, 6) is 1.67. The lowest BCUT2D eigenvalue weighted by atomic mass is 10.2. The van der Waals surface area contributed by atoms with E-state index in [-0.39, 0.29) is 17.8 Å². The molecule has 0 bridgehead atoms. The van der Waals surface area contributed by atoms with Crippen LogP contribution in [0.5, 0.6) is 0 Å². The molecule has 1 atom stereocenters. The fourth-order valence-electron chi connectivity index (χ4n) is 4.01. The van der Waals surface area contributed by atoms with Gasteiger partial charge in [0.25, 0.3) is 5.91 Å². The summed E-state index contributed by atoms with van der Waals surface area (Å²) in [7, 11) is 0. The standard InChI is InChI=1S/C23H25FN8O/c1-16-15-31(21-6-4-18(24)12-26-21)9-10-32(16)23-27-13-19(14-28-23)29-22(33)17-3-5-20(25-11-17)30-7-2-8-30/h3-6,11-14,16H,2,7-10,15H2,1H3,(H,29,33)/t16-/m0/s1. The van der Waals surface area contributed by atoms with E-state index in [0.717, 1.165) is 37.8 Å². The normalized spacial score (nSPS) is 18.1. The maximum absolute atomic E-state index is 13.1. The Labute approximate surface area is 191 Å². The number of hydrogen-bond acceptors (Lipinski definition) is 8. The number of nitrogens with zero attached hydrogens (tertiary/aromatic N) is 7. The van der Waals surface area contributed by atoms with Gasteiger partial charge in [0.1, 0.15) is 17.5 Å². The lowest BCUT2D eigenvalue weighted by molar-refractivity contribution is 0.102. The number of aromatic nitrogens is 4. The van der Waals surface area contributed by atoms with Crippen LogP contribution < -0.4 is 20.0 Å². The first-order valence-electron chi connectivity index (χ1n) is 11.0. The predicted octanol–water partition coefficient (Wildman–Crippen LogP) is 2.58. The number of pyridine rings is 2. The minimum Gasteiger partial charge on any atom is -0.356 e. The Morgan fingerprint density at radius 2 is 1.64 bits per heavy atom. The van der Waals surface area contributed by atoms with Crippen molar-refractivity contribution in [2.24, 2.45) is 0 Å². The fourth-order valence-corrected chi connectivity index (χ4v) is 4.01. The molecule has 9 nitrogen and oxygen atoms in total. The number of anilines is 4. The SMILES string of the molecule is C[C@H]1CN(c2ccc(F)cn2)CCN1c1ncc(NC(=O)c2ccc(N3CCC3)nc2)cn1. The van der Waals surface area contributed by atoms with Crippen LogP contribution in [0.3, 0.4) is 0 Å². The van der Waals surface area contributed by atoms with E-state index in [4.69, 9.17) is 0 Å². The summed E-state index contributed by atoms with van der Waals surface area (Å²) in [5, 5.41) is 2.83. The van der Waals surface area contributed by atoms with Crippen molar-refractivity contribution < 1.29 is 9.18 Å². The third kappa shape index (κ3) is 4.55. The first-order chi connectivity index (χ1) is 16.1. The summed E-state index contributed by atoms with van der Waals surface area (Å²) in [4.78, 5) is 36.4. The van der Waals surface area contributed by atoms with Gasteiger partial charge in [0.2, 0.25) is 5.95 Å². The molecule has 1 amide bonds. The summed E-state index contributed by atoms with van der Waals surface area (Å²) in [6.45, 7) is 6.27. The van der Waals surface area contributed by atoms with Crippen molar-refractivity contribution >= 4 is 29.2 Å². The zero-order valence-electron chi connectivity index (χ0n) is 18.4. The lowest BCUT2D eigenvalue weighted by Crippen LogP contribution is -2.53. The highest BCUT2D eigenvalue weighted by atomic mass is 19.1. The van der Waals surface area contributed by atoms with Crippen molar-refractivity contribution in [1.82, 2.24) is 19.9 Å². The quantitative estimate of drug-likeness (QED) is 0.637. The number of carbonyl (C=O) groups is 1. The van der Waals surface area contributed by atoms with Crippen LogP contribution >= 0.6 is 0 Å². The van der Waals surface area contributed by atoms with Gasteiger partial charge in [-0.05, 0) is 37.6 Å². The zero-order valence-corrected chi connectivity index (χ0v) is 18.4. The molecule has 2 saturated heterocycles. The van der Waals surface area contributed by atoms with Crippen LogP contribution in [-0.2, 0) is 0 Å². The number of piperazine rings is 1. The Balaban J connectivity index is 1.19. The third-order valence-electron chi connectivity index (χ3n) is 6.01. The van der Waals surface area contributed by atoms with Gasteiger partial charge in [-0.3, -0.25) is 4.79 Å². The van der Waals surface area contributed by atoms with E-state index in [1.165, 1.54) is 18.7 Å². The van der Waals surface area contributed by atoms with E-state index in [0.29, 0.717) is 23.7 Å². The van der Waals surface area contributed by atoms with Crippen molar-refractivity contribution in [3.8, 4) is 0 Å². The number of hydrogen-bond donors (Lipinski definition) is 1. The Bertz CT molecular complexity index is 1100. The number of amides is 1. The van der Waals surface area contributed by atoms with E-state index < -0.39 is 0 Å².